The van der Waals surface area contributed by atoms with E-state index in [2.05, 4.69) is 16.3 Å². The van der Waals surface area contributed by atoms with Crippen molar-refractivity contribution in [2.75, 3.05) is 4.72 Å². The average Bonchev–Trinajstić information content (AvgIpc) is 2.57. The fraction of sp³-hybridized carbons (Fsp3) is 0.167. The molecule has 90 valence electrons. The van der Waals surface area contributed by atoms with Gasteiger partial charge in [0, 0.05) is 16.5 Å². The van der Waals surface area contributed by atoms with Gasteiger partial charge < -0.3 is 4.98 Å². The Morgan fingerprint density at radius 1 is 1.35 bits per heavy atom. The predicted octanol–water partition coefficient (Wildman–Crippen LogP) is 2.67. The first-order valence-corrected chi connectivity index (χ1v) is 6.72. The molecule has 0 aliphatic rings. The maximum atomic E-state index is 11.5. The van der Waals surface area contributed by atoms with E-state index in [1.54, 1.807) is 6.07 Å². The summed E-state index contributed by atoms with van der Waals surface area (Å²) in [7, 11) is -3.47. The van der Waals surface area contributed by atoms with Gasteiger partial charge in [-0.2, -0.15) is 0 Å². The monoisotopic (exact) mass is 250 g/mol. The van der Waals surface area contributed by atoms with Crippen LogP contribution in [0.3, 0.4) is 0 Å². The Hall–Kier alpha value is -1.75. The Bertz CT molecular complexity index is 684. The van der Waals surface area contributed by atoms with Gasteiger partial charge in [-0.15, -0.1) is 0 Å². The molecule has 2 N–H and O–H groups in total. The van der Waals surface area contributed by atoms with Gasteiger partial charge in [0.25, 0.3) is 10.0 Å². The second-order valence-electron chi connectivity index (χ2n) is 3.92. The van der Waals surface area contributed by atoms with E-state index in [1.807, 2.05) is 26.0 Å². The molecule has 5 heteroatoms. The van der Waals surface area contributed by atoms with E-state index in [1.165, 1.54) is 0 Å². The zero-order chi connectivity index (χ0) is 12.6. The lowest BCUT2D eigenvalue weighted by atomic mass is 10.1. The summed E-state index contributed by atoms with van der Waals surface area (Å²) in [4.78, 5) is 3.18. The first-order valence-electron chi connectivity index (χ1n) is 5.18. The van der Waals surface area contributed by atoms with Crippen LogP contribution in [-0.2, 0) is 10.0 Å². The lowest BCUT2D eigenvalue weighted by Gasteiger charge is -2.05. The fourth-order valence-electron chi connectivity index (χ4n) is 1.76. The Balaban J connectivity index is 2.63. The number of aromatic nitrogens is 1. The van der Waals surface area contributed by atoms with E-state index in [4.69, 9.17) is 0 Å². The van der Waals surface area contributed by atoms with Crippen LogP contribution in [0.25, 0.3) is 10.9 Å². The van der Waals surface area contributed by atoms with Crippen LogP contribution in [0, 0.1) is 13.8 Å². The summed E-state index contributed by atoms with van der Waals surface area (Å²) in [6, 6.07) is 5.50. The lowest BCUT2D eigenvalue weighted by molar-refractivity contribution is 0.609. The molecule has 0 saturated heterocycles. The molecule has 0 bridgehead atoms. The molecule has 0 spiro atoms. The van der Waals surface area contributed by atoms with Crippen molar-refractivity contribution in [2.45, 2.75) is 13.8 Å². The minimum Gasteiger partial charge on any atom is -0.357 e. The quantitative estimate of drug-likeness (QED) is 0.879. The van der Waals surface area contributed by atoms with Gasteiger partial charge in [-0.3, -0.25) is 4.72 Å². The van der Waals surface area contributed by atoms with Crippen molar-refractivity contribution < 1.29 is 8.42 Å². The highest BCUT2D eigenvalue weighted by atomic mass is 32.2. The van der Waals surface area contributed by atoms with Crippen molar-refractivity contribution in [3.63, 3.8) is 0 Å². The van der Waals surface area contributed by atoms with Crippen molar-refractivity contribution in [3.8, 4) is 0 Å². The number of hydrogen-bond donors (Lipinski definition) is 2. The number of sulfonamides is 1. The molecule has 0 unspecified atom stereocenters. The standard InChI is InChI=1S/C12H14N2O2S/c1-4-17(15,16)14-11-7-5-6-10-8(2)9(3)13-12(10)11/h4-7,13-14H,1H2,2-3H3. The van der Waals surface area contributed by atoms with Crippen LogP contribution in [0.4, 0.5) is 5.69 Å². The number of anilines is 1. The zero-order valence-corrected chi connectivity index (χ0v) is 10.6. The average molecular weight is 250 g/mol. The largest absolute Gasteiger partial charge is 0.357 e. The molecular weight excluding hydrogens is 236 g/mol. The van der Waals surface area contributed by atoms with Gasteiger partial charge in [-0.05, 0) is 25.5 Å². The summed E-state index contributed by atoms with van der Waals surface area (Å²) in [5.74, 6) is 0. The smallest absolute Gasteiger partial charge is 0.254 e. The number of H-pyrrole nitrogens is 1. The molecule has 1 heterocycles. The number of benzene rings is 1. The Labute approximate surface area is 100 Å². The summed E-state index contributed by atoms with van der Waals surface area (Å²) in [6.07, 6.45) is 0. The van der Waals surface area contributed by atoms with Crippen LogP contribution in [0.15, 0.2) is 30.2 Å². The minimum atomic E-state index is -3.47. The molecule has 0 fully saturated rings. The van der Waals surface area contributed by atoms with E-state index in [0.717, 1.165) is 27.6 Å². The van der Waals surface area contributed by atoms with Crippen molar-refractivity contribution in [1.82, 2.24) is 4.98 Å². The van der Waals surface area contributed by atoms with Crippen molar-refractivity contribution in [2.24, 2.45) is 0 Å². The summed E-state index contributed by atoms with van der Waals surface area (Å²) < 4.78 is 25.4. The molecule has 1 aromatic carbocycles. The molecule has 2 rings (SSSR count). The molecule has 0 amide bonds. The van der Waals surface area contributed by atoms with Gasteiger partial charge in [-0.1, -0.05) is 18.7 Å². The van der Waals surface area contributed by atoms with Crippen molar-refractivity contribution in [3.05, 3.63) is 41.4 Å². The molecule has 4 nitrogen and oxygen atoms in total. The fourth-order valence-corrected chi connectivity index (χ4v) is 2.32. The van der Waals surface area contributed by atoms with Crippen LogP contribution in [0.2, 0.25) is 0 Å². The molecule has 0 aliphatic carbocycles. The maximum Gasteiger partial charge on any atom is 0.254 e. The van der Waals surface area contributed by atoms with E-state index in [-0.39, 0.29) is 0 Å². The highest BCUT2D eigenvalue weighted by Gasteiger charge is 2.11. The van der Waals surface area contributed by atoms with Gasteiger partial charge in [0.1, 0.15) is 0 Å². The predicted molar refractivity (Wildman–Crippen MR) is 70.5 cm³/mol. The molecule has 0 radical (unpaired) electrons. The SMILES string of the molecule is C=CS(=O)(=O)Nc1cccc2c(C)c(C)[nH]c12. The van der Waals surface area contributed by atoms with Crippen LogP contribution in [0.1, 0.15) is 11.3 Å². The zero-order valence-electron chi connectivity index (χ0n) is 9.74. The Kier molecular flexibility index (Phi) is 2.71. The van der Waals surface area contributed by atoms with E-state index in [9.17, 15) is 8.42 Å². The highest BCUT2D eigenvalue weighted by molar-refractivity contribution is 7.95. The van der Waals surface area contributed by atoms with Crippen LogP contribution >= 0.6 is 0 Å². The second-order valence-corrected chi connectivity index (χ2v) is 5.54. The van der Waals surface area contributed by atoms with E-state index >= 15 is 0 Å². The van der Waals surface area contributed by atoms with E-state index in [0.29, 0.717) is 5.69 Å². The number of fused-ring (bicyclic) bond motifs is 1. The maximum absolute atomic E-state index is 11.5. The number of hydrogen-bond acceptors (Lipinski definition) is 2. The Morgan fingerprint density at radius 2 is 2.06 bits per heavy atom. The third-order valence-corrected chi connectivity index (χ3v) is 3.76. The van der Waals surface area contributed by atoms with Gasteiger partial charge >= 0.3 is 0 Å². The third kappa shape index (κ3) is 2.06. The first kappa shape index (κ1) is 11.7. The molecule has 1 aromatic heterocycles. The first-order chi connectivity index (χ1) is 7.94. The second kappa shape index (κ2) is 3.92. The Morgan fingerprint density at radius 3 is 2.71 bits per heavy atom. The lowest BCUT2D eigenvalue weighted by Crippen LogP contribution is -2.08. The normalized spacial score (nSPS) is 11.6. The molecular formula is C12H14N2O2S. The number of rotatable bonds is 3. The van der Waals surface area contributed by atoms with Gasteiger partial charge in [0.15, 0.2) is 0 Å². The summed E-state index contributed by atoms with van der Waals surface area (Å²) in [5, 5.41) is 1.92. The van der Waals surface area contributed by atoms with E-state index < -0.39 is 10.0 Å². The summed E-state index contributed by atoms with van der Waals surface area (Å²) >= 11 is 0. The van der Waals surface area contributed by atoms with Crippen molar-refractivity contribution >= 4 is 26.6 Å². The van der Waals surface area contributed by atoms with Crippen LogP contribution in [-0.4, -0.2) is 13.4 Å². The molecule has 0 aliphatic heterocycles. The molecule has 0 atom stereocenters. The van der Waals surface area contributed by atoms with Crippen LogP contribution in [0.5, 0.6) is 0 Å². The van der Waals surface area contributed by atoms with Gasteiger partial charge in [0.05, 0.1) is 11.2 Å². The number of nitrogens with one attached hydrogen (secondary N) is 2. The number of para-hydroxylation sites is 1. The molecule has 17 heavy (non-hydrogen) atoms. The summed E-state index contributed by atoms with van der Waals surface area (Å²) in [5.41, 5.74) is 3.50. The van der Waals surface area contributed by atoms with Crippen molar-refractivity contribution in [1.29, 1.82) is 0 Å². The molecule has 0 saturated carbocycles. The van der Waals surface area contributed by atoms with Gasteiger partial charge in [0.2, 0.25) is 0 Å². The van der Waals surface area contributed by atoms with Crippen LogP contribution < -0.4 is 4.72 Å². The third-order valence-electron chi connectivity index (χ3n) is 2.82. The minimum absolute atomic E-state index is 0.540. The summed E-state index contributed by atoms with van der Waals surface area (Å²) in [6.45, 7) is 7.23. The van der Waals surface area contributed by atoms with Gasteiger partial charge in [-0.25, -0.2) is 8.42 Å². The number of aromatic amines is 1. The number of aryl methyl sites for hydroxylation is 2. The molecule has 2 aromatic rings. The highest BCUT2D eigenvalue weighted by Crippen LogP contribution is 2.27. The topological polar surface area (TPSA) is 62.0 Å².